The van der Waals surface area contributed by atoms with Crippen molar-refractivity contribution in [3.8, 4) is 0 Å². The van der Waals surface area contributed by atoms with Crippen molar-refractivity contribution in [2.75, 3.05) is 19.7 Å². The van der Waals surface area contributed by atoms with Gasteiger partial charge in [-0.1, -0.05) is 0 Å². The van der Waals surface area contributed by atoms with Gasteiger partial charge in [0.05, 0.1) is 6.61 Å². The van der Waals surface area contributed by atoms with Crippen molar-refractivity contribution in [3.05, 3.63) is 0 Å². The summed E-state index contributed by atoms with van der Waals surface area (Å²) >= 11 is 0. The predicted octanol–water partition coefficient (Wildman–Crippen LogP) is -2.48. The molecule has 0 saturated heterocycles. The summed E-state index contributed by atoms with van der Waals surface area (Å²) in [5.74, 6) is -0.105. The Balaban J connectivity index is 0. The number of amides is 1. The molecule has 0 aromatic heterocycles. The van der Waals surface area contributed by atoms with Crippen LogP contribution in [0.1, 0.15) is 6.42 Å². The molecule has 0 atom stereocenters. The first-order valence-electron chi connectivity index (χ1n) is 3.67. The van der Waals surface area contributed by atoms with Crippen LogP contribution >= 0.6 is 7.82 Å². The van der Waals surface area contributed by atoms with Gasteiger partial charge in [0.2, 0.25) is 5.91 Å². The van der Waals surface area contributed by atoms with Crippen molar-refractivity contribution >= 4 is 13.7 Å². The zero-order valence-corrected chi connectivity index (χ0v) is 8.35. The Morgan fingerprint density at radius 3 is 2.07 bits per heavy atom. The lowest BCUT2D eigenvalue weighted by Crippen LogP contribution is -2.27. The summed E-state index contributed by atoms with van der Waals surface area (Å²) in [6.45, 7) is 0.659. The summed E-state index contributed by atoms with van der Waals surface area (Å²) < 4.78 is 8.88. The van der Waals surface area contributed by atoms with E-state index in [2.05, 4.69) is 5.32 Å². The van der Waals surface area contributed by atoms with Gasteiger partial charge in [0.1, 0.15) is 0 Å². The van der Waals surface area contributed by atoms with E-state index in [0.29, 0.717) is 19.5 Å². The van der Waals surface area contributed by atoms with E-state index in [0.717, 1.165) is 0 Å². The van der Waals surface area contributed by atoms with Crippen LogP contribution in [0.15, 0.2) is 0 Å². The van der Waals surface area contributed by atoms with Gasteiger partial charge in [-0.25, -0.2) is 4.57 Å². The number of hydrogen-bond donors (Lipinski definition) is 6. The molecule has 0 aromatic carbocycles. The summed E-state index contributed by atoms with van der Waals surface area (Å²) in [4.78, 5) is 32.1. The number of aliphatic hydroxyl groups is 1. The molecule has 0 aliphatic heterocycles. The molecule has 0 spiro atoms. The van der Waals surface area contributed by atoms with Crippen LogP contribution in [-0.2, 0) is 9.36 Å². The molecule has 86 valence electrons. The van der Waals surface area contributed by atoms with Gasteiger partial charge in [-0.05, 0) is 0 Å². The Morgan fingerprint density at radius 1 is 1.36 bits per heavy atom. The Morgan fingerprint density at radius 2 is 1.79 bits per heavy atom. The van der Waals surface area contributed by atoms with Crippen molar-refractivity contribution in [3.63, 3.8) is 0 Å². The van der Waals surface area contributed by atoms with E-state index in [1.165, 1.54) is 0 Å². The average Bonchev–Trinajstić information content (AvgIpc) is 1.98. The fourth-order valence-electron chi connectivity index (χ4n) is 0.415. The first kappa shape index (κ1) is 15.9. The molecule has 9 heteroatoms. The third-order valence-electron chi connectivity index (χ3n) is 0.805. The molecule has 0 saturated carbocycles. The number of rotatable bonds is 4. The van der Waals surface area contributed by atoms with Crippen molar-refractivity contribution in [1.82, 2.24) is 5.32 Å². The topological polar surface area (TPSA) is 153 Å². The Hall–Kier alpha value is -0.500. The first-order valence-corrected chi connectivity index (χ1v) is 5.23. The molecular formula is C5H15N2O6P. The van der Waals surface area contributed by atoms with E-state index in [-0.39, 0.29) is 12.5 Å². The van der Waals surface area contributed by atoms with E-state index in [1.54, 1.807) is 0 Å². The summed E-state index contributed by atoms with van der Waals surface area (Å²) in [6, 6.07) is 0. The molecule has 7 N–H and O–H groups in total. The zero-order valence-electron chi connectivity index (χ0n) is 7.46. The van der Waals surface area contributed by atoms with Crippen molar-refractivity contribution in [2.45, 2.75) is 6.42 Å². The van der Waals surface area contributed by atoms with Crippen LogP contribution < -0.4 is 11.1 Å². The lowest BCUT2D eigenvalue weighted by Gasteiger charge is -1.98. The van der Waals surface area contributed by atoms with Crippen LogP contribution in [0, 0.1) is 0 Å². The monoisotopic (exact) mass is 230 g/mol. The lowest BCUT2D eigenvalue weighted by molar-refractivity contribution is -0.121. The number of nitrogens with two attached hydrogens (primary N) is 1. The van der Waals surface area contributed by atoms with Crippen molar-refractivity contribution < 1.29 is 29.1 Å². The lowest BCUT2D eigenvalue weighted by atomic mass is 10.4. The number of carbonyl (C=O) groups excluding carboxylic acids is 1. The summed E-state index contributed by atoms with van der Waals surface area (Å²) in [7, 11) is -4.64. The average molecular weight is 230 g/mol. The van der Waals surface area contributed by atoms with Crippen LogP contribution in [0.5, 0.6) is 0 Å². The zero-order chi connectivity index (χ0) is 11.6. The van der Waals surface area contributed by atoms with E-state index in [9.17, 15) is 4.79 Å². The van der Waals surface area contributed by atoms with Gasteiger partial charge in [-0.3, -0.25) is 4.79 Å². The maximum absolute atomic E-state index is 10.5. The maximum Gasteiger partial charge on any atom is 0.466 e. The molecule has 0 fully saturated rings. The highest BCUT2D eigenvalue weighted by atomic mass is 31.2. The van der Waals surface area contributed by atoms with Gasteiger partial charge in [0.15, 0.2) is 0 Å². The molecule has 14 heavy (non-hydrogen) atoms. The number of nitrogens with one attached hydrogen (secondary N) is 1. The third-order valence-corrected chi connectivity index (χ3v) is 0.805. The smallest absolute Gasteiger partial charge is 0.395 e. The molecule has 8 nitrogen and oxygen atoms in total. The maximum atomic E-state index is 10.5. The molecule has 0 heterocycles. The molecule has 0 unspecified atom stereocenters. The fraction of sp³-hybridized carbons (Fsp3) is 0.800. The normalized spacial score (nSPS) is 10.1. The van der Waals surface area contributed by atoms with Gasteiger partial charge in [0.25, 0.3) is 0 Å². The molecule has 1 amide bonds. The highest BCUT2D eigenvalue weighted by molar-refractivity contribution is 7.45. The second-order valence-electron chi connectivity index (χ2n) is 2.13. The minimum absolute atomic E-state index is 0.0175. The summed E-state index contributed by atoms with van der Waals surface area (Å²) in [5, 5.41) is 10.7. The van der Waals surface area contributed by atoms with Gasteiger partial charge >= 0.3 is 7.82 Å². The Labute approximate surface area is 81.0 Å². The highest BCUT2D eigenvalue weighted by Crippen LogP contribution is 2.25. The molecule has 0 rings (SSSR count). The largest absolute Gasteiger partial charge is 0.466 e. The molecule has 0 radical (unpaired) electrons. The fourth-order valence-corrected chi connectivity index (χ4v) is 0.415. The SMILES string of the molecule is NCCC(=O)NCCO.O=P(O)(O)O. The Bertz CT molecular complexity index is 184. The molecular weight excluding hydrogens is 215 g/mol. The van der Waals surface area contributed by atoms with E-state index >= 15 is 0 Å². The molecule has 0 aromatic rings. The van der Waals surface area contributed by atoms with Crippen LogP contribution in [0.25, 0.3) is 0 Å². The minimum atomic E-state index is -4.64. The van der Waals surface area contributed by atoms with Crippen LogP contribution in [0.2, 0.25) is 0 Å². The van der Waals surface area contributed by atoms with Crippen LogP contribution in [0.4, 0.5) is 0 Å². The Kier molecular flexibility index (Phi) is 10.3. The number of aliphatic hydroxyl groups excluding tert-OH is 1. The third kappa shape index (κ3) is 30.0. The van der Waals surface area contributed by atoms with E-state index < -0.39 is 7.82 Å². The van der Waals surface area contributed by atoms with Gasteiger partial charge < -0.3 is 30.8 Å². The summed E-state index contributed by atoms with van der Waals surface area (Å²) in [6.07, 6.45) is 0.333. The predicted molar refractivity (Wildman–Crippen MR) is 48.0 cm³/mol. The second-order valence-corrected chi connectivity index (χ2v) is 3.15. The highest BCUT2D eigenvalue weighted by Gasteiger charge is 2.00. The van der Waals surface area contributed by atoms with Gasteiger partial charge in [-0.15, -0.1) is 0 Å². The van der Waals surface area contributed by atoms with Gasteiger partial charge in [-0.2, -0.15) is 0 Å². The van der Waals surface area contributed by atoms with E-state index in [1.807, 2.05) is 0 Å². The molecule has 0 bridgehead atoms. The minimum Gasteiger partial charge on any atom is -0.395 e. The standard InChI is InChI=1S/C5H12N2O2.H3O4P/c6-2-1-5(9)7-3-4-8;1-5(2,3)4/h8H,1-4,6H2,(H,7,9);(H3,1,2,3,4). The van der Waals surface area contributed by atoms with Crippen molar-refractivity contribution in [2.24, 2.45) is 5.73 Å². The van der Waals surface area contributed by atoms with Crippen molar-refractivity contribution in [1.29, 1.82) is 0 Å². The molecule has 0 aliphatic carbocycles. The van der Waals surface area contributed by atoms with Crippen LogP contribution in [0.3, 0.4) is 0 Å². The molecule has 0 aliphatic rings. The number of carbonyl (C=O) groups is 1. The number of hydrogen-bond acceptors (Lipinski definition) is 4. The summed E-state index contributed by atoms with van der Waals surface area (Å²) in [5.41, 5.74) is 5.08. The van der Waals surface area contributed by atoms with E-state index in [4.69, 9.17) is 30.1 Å². The second kappa shape index (κ2) is 9.07. The number of phosphoric acid groups is 1. The van der Waals surface area contributed by atoms with Crippen LogP contribution in [-0.4, -0.2) is 45.4 Å². The van der Waals surface area contributed by atoms with Gasteiger partial charge in [0, 0.05) is 19.5 Å². The first-order chi connectivity index (χ1) is 6.31. The quantitative estimate of drug-likeness (QED) is 0.292.